The molecule has 1 aliphatic rings. The molecule has 27 heavy (non-hydrogen) atoms. The van der Waals surface area contributed by atoms with Gasteiger partial charge in [-0.15, -0.1) is 0 Å². The van der Waals surface area contributed by atoms with Crippen molar-refractivity contribution in [3.63, 3.8) is 0 Å². The van der Waals surface area contributed by atoms with Crippen LogP contribution in [0.4, 0.5) is 13.2 Å². The van der Waals surface area contributed by atoms with Crippen LogP contribution in [-0.4, -0.2) is 33.3 Å². The number of alkyl halides is 1. The predicted octanol–water partition coefficient (Wildman–Crippen LogP) is 3.85. The van der Waals surface area contributed by atoms with E-state index in [1.54, 1.807) is 0 Å². The van der Waals surface area contributed by atoms with Gasteiger partial charge in [0.05, 0.1) is 29.4 Å². The van der Waals surface area contributed by atoms with Crippen LogP contribution in [0.2, 0.25) is 0 Å². The van der Waals surface area contributed by atoms with Crippen molar-refractivity contribution in [3.8, 4) is 11.4 Å². The molecule has 140 valence electrons. The zero-order valence-electron chi connectivity index (χ0n) is 13.9. The van der Waals surface area contributed by atoms with Gasteiger partial charge in [0.1, 0.15) is 12.0 Å². The van der Waals surface area contributed by atoms with Crippen LogP contribution in [0.3, 0.4) is 0 Å². The number of carboxylic acid groups (broad SMARTS) is 1. The number of nitrogens with zero attached hydrogens (tertiary/aromatic N) is 5. The largest absolute Gasteiger partial charge is 0.481 e. The highest BCUT2D eigenvalue weighted by Crippen LogP contribution is 2.44. The van der Waals surface area contributed by atoms with E-state index in [0.29, 0.717) is 5.56 Å². The Hall–Kier alpha value is -3.13. The van der Waals surface area contributed by atoms with Gasteiger partial charge in [-0.1, -0.05) is 11.2 Å². The van der Waals surface area contributed by atoms with E-state index in [1.165, 1.54) is 12.1 Å². The topological polar surface area (TPSA) is 112 Å². The summed E-state index contributed by atoms with van der Waals surface area (Å²) >= 11 is 0. The van der Waals surface area contributed by atoms with Gasteiger partial charge in [-0.25, -0.2) is 23.1 Å². The van der Waals surface area contributed by atoms with E-state index in [0.717, 1.165) is 18.5 Å². The van der Waals surface area contributed by atoms with Crippen LogP contribution < -0.4 is 0 Å². The third-order valence-corrected chi connectivity index (χ3v) is 4.69. The summed E-state index contributed by atoms with van der Waals surface area (Å²) in [6, 6.07) is 2.81. The first kappa shape index (κ1) is 18.7. The van der Waals surface area contributed by atoms with Crippen LogP contribution in [0.15, 0.2) is 35.7 Å². The van der Waals surface area contributed by atoms with Crippen molar-refractivity contribution in [1.82, 2.24) is 9.97 Å². The maximum Gasteiger partial charge on any atom is 0.310 e. The summed E-state index contributed by atoms with van der Waals surface area (Å²) in [7, 11) is 0. The van der Waals surface area contributed by atoms with Gasteiger partial charge in [-0.3, -0.25) is 4.79 Å². The summed E-state index contributed by atoms with van der Waals surface area (Å²) < 4.78 is 41.3. The molecule has 10 heteroatoms. The summed E-state index contributed by atoms with van der Waals surface area (Å²) in [5.41, 5.74) is 7.45. The minimum absolute atomic E-state index is 0.0190. The van der Waals surface area contributed by atoms with Crippen molar-refractivity contribution >= 4 is 5.97 Å². The van der Waals surface area contributed by atoms with Gasteiger partial charge in [-0.05, 0) is 42.5 Å². The van der Waals surface area contributed by atoms with E-state index in [2.05, 4.69) is 20.0 Å². The Morgan fingerprint density at radius 1 is 1.33 bits per heavy atom. The Labute approximate surface area is 151 Å². The van der Waals surface area contributed by atoms with Crippen LogP contribution >= 0.6 is 0 Å². The number of rotatable bonds is 5. The van der Waals surface area contributed by atoms with Crippen LogP contribution in [0, 0.1) is 17.0 Å². The first-order valence-corrected chi connectivity index (χ1v) is 8.03. The molecule has 1 aromatic carbocycles. The molecular formula is C17H14F3N5O2. The molecule has 0 saturated heterocycles. The number of carbonyl (C=O) groups is 1. The molecule has 2 aromatic rings. The number of aromatic nitrogens is 2. The first-order valence-electron chi connectivity index (χ1n) is 8.03. The summed E-state index contributed by atoms with van der Waals surface area (Å²) in [6.07, 6.45) is -0.351. The number of carboxylic acids is 1. The highest BCUT2D eigenvalue weighted by Gasteiger charge is 2.50. The van der Waals surface area contributed by atoms with E-state index in [-0.39, 0.29) is 30.7 Å². The maximum absolute atomic E-state index is 14.1. The fourth-order valence-electron chi connectivity index (χ4n) is 3.39. The number of aliphatic carboxylic acids is 1. The van der Waals surface area contributed by atoms with Crippen LogP contribution in [0.25, 0.3) is 21.8 Å². The van der Waals surface area contributed by atoms with Crippen LogP contribution in [-0.2, 0) is 11.2 Å². The van der Waals surface area contributed by atoms with Gasteiger partial charge in [0.15, 0.2) is 11.6 Å². The lowest BCUT2D eigenvalue weighted by Crippen LogP contribution is -2.31. The molecule has 1 fully saturated rings. The zero-order valence-corrected chi connectivity index (χ0v) is 13.9. The Kier molecular flexibility index (Phi) is 5.00. The van der Waals surface area contributed by atoms with Gasteiger partial charge in [0.25, 0.3) is 0 Å². The third-order valence-electron chi connectivity index (χ3n) is 4.69. The molecule has 7 nitrogen and oxygen atoms in total. The van der Waals surface area contributed by atoms with Crippen LogP contribution in [0.5, 0.6) is 0 Å². The number of hydrogen-bond acceptors (Lipinski definition) is 4. The van der Waals surface area contributed by atoms with Crippen molar-refractivity contribution < 1.29 is 23.1 Å². The molecular weight excluding hydrogens is 363 g/mol. The van der Waals surface area contributed by atoms with Crippen molar-refractivity contribution in [3.05, 3.63) is 58.2 Å². The molecule has 1 aliphatic carbocycles. The Bertz CT molecular complexity index is 917. The van der Waals surface area contributed by atoms with Gasteiger partial charge in [0.2, 0.25) is 0 Å². The zero-order chi connectivity index (χ0) is 19.6. The van der Waals surface area contributed by atoms with E-state index < -0.39 is 35.2 Å². The third kappa shape index (κ3) is 3.70. The maximum atomic E-state index is 14.1. The van der Waals surface area contributed by atoms with E-state index >= 15 is 0 Å². The number of benzene rings is 1. The van der Waals surface area contributed by atoms with Crippen molar-refractivity contribution in [2.75, 3.05) is 0 Å². The number of azide groups is 1. The highest BCUT2D eigenvalue weighted by molar-refractivity contribution is 5.76. The Morgan fingerprint density at radius 3 is 2.67 bits per heavy atom. The van der Waals surface area contributed by atoms with Crippen molar-refractivity contribution in [1.29, 1.82) is 0 Å². The molecule has 0 aliphatic heterocycles. The van der Waals surface area contributed by atoms with Crippen molar-refractivity contribution in [2.24, 2.45) is 10.5 Å². The van der Waals surface area contributed by atoms with Crippen molar-refractivity contribution in [2.45, 2.75) is 31.5 Å². The van der Waals surface area contributed by atoms with Gasteiger partial charge < -0.3 is 5.11 Å². The van der Waals surface area contributed by atoms with E-state index in [4.69, 9.17) is 5.53 Å². The molecule has 1 saturated carbocycles. The molecule has 3 atom stereocenters. The fraction of sp³-hybridized carbons (Fsp3) is 0.353. The summed E-state index contributed by atoms with van der Waals surface area (Å²) in [5, 5.41) is 13.0. The lowest BCUT2D eigenvalue weighted by Gasteiger charge is -2.24. The van der Waals surface area contributed by atoms with Crippen LogP contribution in [0.1, 0.15) is 18.4 Å². The molecule has 0 amide bonds. The number of halogens is 3. The van der Waals surface area contributed by atoms with Gasteiger partial charge in [-0.2, -0.15) is 0 Å². The summed E-state index contributed by atoms with van der Waals surface area (Å²) in [4.78, 5) is 21.9. The number of hydrogen-bond donors (Lipinski definition) is 1. The molecule has 0 radical (unpaired) electrons. The molecule has 0 bridgehead atoms. The minimum Gasteiger partial charge on any atom is -0.481 e. The lowest BCUT2D eigenvalue weighted by molar-refractivity contribution is -0.148. The minimum atomic E-state index is -1.57. The van der Waals surface area contributed by atoms with E-state index in [1.807, 2.05) is 0 Å². The highest BCUT2D eigenvalue weighted by atomic mass is 19.1. The molecule has 1 aromatic heterocycles. The molecule has 1 N–H and O–H groups in total. The standard InChI is InChI=1S/C17H14F3N5O2/c18-10-7-22-15(23-8-10)11-3-9(1-2-12(11)19)4-17(16(26)27)5-13(20)14(6-17)24-25-21/h1-3,7-8,13-14H,4-6H2,(H,26,27)/t13-,14+,17-/m0/s1. The average Bonchev–Trinajstić information content (AvgIpc) is 2.95. The summed E-state index contributed by atoms with van der Waals surface area (Å²) in [5.74, 6) is -2.60. The summed E-state index contributed by atoms with van der Waals surface area (Å²) in [6.45, 7) is 0. The second-order valence-electron chi connectivity index (χ2n) is 6.50. The van der Waals surface area contributed by atoms with E-state index in [9.17, 15) is 23.1 Å². The quantitative estimate of drug-likeness (QED) is 0.484. The molecule has 1 heterocycles. The first-order chi connectivity index (χ1) is 12.8. The normalized spacial score (nSPS) is 24.4. The molecule has 0 unspecified atom stereocenters. The predicted molar refractivity (Wildman–Crippen MR) is 88.2 cm³/mol. The van der Waals surface area contributed by atoms with Gasteiger partial charge >= 0.3 is 5.97 Å². The average molecular weight is 377 g/mol. The van der Waals surface area contributed by atoms with Gasteiger partial charge in [0, 0.05) is 4.91 Å². The second-order valence-corrected chi connectivity index (χ2v) is 6.50. The molecule has 0 spiro atoms. The second kappa shape index (κ2) is 7.24. The SMILES string of the molecule is [N-]=[N+]=N[C@@H]1C[C@@](Cc2ccc(F)c(-c3ncc(F)cn3)c2)(C(=O)O)C[C@@H]1F. The smallest absolute Gasteiger partial charge is 0.310 e. The lowest BCUT2D eigenvalue weighted by atomic mass is 9.79. The fourth-order valence-corrected chi connectivity index (χ4v) is 3.39. The molecule has 3 rings (SSSR count). The Morgan fingerprint density at radius 2 is 2.04 bits per heavy atom. The monoisotopic (exact) mass is 377 g/mol. The Balaban J connectivity index is 1.94.